The fourth-order valence-electron chi connectivity index (χ4n) is 1.31. The molecule has 0 aliphatic rings. The minimum absolute atomic E-state index is 0.160. The number of azide groups is 1. The SMILES string of the molecule is COc1ccc(-c2cnoc2N=[N+]=[N-])cc1. The summed E-state index contributed by atoms with van der Waals surface area (Å²) in [6.07, 6.45) is 1.51. The molecular weight excluding hydrogens is 208 g/mol. The fourth-order valence-corrected chi connectivity index (χ4v) is 1.31. The van der Waals surface area contributed by atoms with Gasteiger partial charge in [0.25, 0.3) is 0 Å². The minimum Gasteiger partial charge on any atom is -0.497 e. The van der Waals surface area contributed by atoms with E-state index in [0.717, 1.165) is 11.3 Å². The van der Waals surface area contributed by atoms with Gasteiger partial charge in [-0.25, -0.2) is 0 Å². The van der Waals surface area contributed by atoms with E-state index >= 15 is 0 Å². The molecular formula is C10H8N4O2. The number of benzene rings is 1. The number of aromatic nitrogens is 1. The molecule has 0 unspecified atom stereocenters. The molecule has 0 saturated carbocycles. The van der Waals surface area contributed by atoms with Crippen LogP contribution in [0.2, 0.25) is 0 Å². The van der Waals surface area contributed by atoms with E-state index in [-0.39, 0.29) is 5.88 Å². The molecule has 16 heavy (non-hydrogen) atoms. The van der Waals surface area contributed by atoms with Crippen molar-refractivity contribution in [1.29, 1.82) is 0 Å². The molecule has 0 radical (unpaired) electrons. The third-order valence-electron chi connectivity index (χ3n) is 2.09. The van der Waals surface area contributed by atoms with E-state index in [4.69, 9.17) is 14.8 Å². The van der Waals surface area contributed by atoms with Gasteiger partial charge >= 0.3 is 0 Å². The van der Waals surface area contributed by atoms with Gasteiger partial charge in [0.15, 0.2) is 0 Å². The van der Waals surface area contributed by atoms with E-state index in [9.17, 15) is 0 Å². The van der Waals surface area contributed by atoms with Crippen LogP contribution in [0.5, 0.6) is 5.75 Å². The van der Waals surface area contributed by atoms with E-state index in [1.54, 1.807) is 7.11 Å². The molecule has 2 rings (SSSR count). The normalized spacial score (nSPS) is 9.56. The van der Waals surface area contributed by atoms with Gasteiger partial charge in [0.2, 0.25) is 5.88 Å². The first-order valence-corrected chi connectivity index (χ1v) is 4.49. The number of hydrogen-bond donors (Lipinski definition) is 0. The second kappa shape index (κ2) is 4.37. The molecule has 0 amide bonds. The van der Waals surface area contributed by atoms with Gasteiger partial charge in [0, 0.05) is 4.91 Å². The summed E-state index contributed by atoms with van der Waals surface area (Å²) >= 11 is 0. The Labute approximate surface area is 91.1 Å². The molecule has 6 heteroatoms. The van der Waals surface area contributed by atoms with Crippen molar-refractivity contribution in [3.8, 4) is 16.9 Å². The number of nitrogens with zero attached hydrogens (tertiary/aromatic N) is 4. The Kier molecular flexibility index (Phi) is 2.75. The Morgan fingerprint density at radius 1 is 1.38 bits per heavy atom. The molecule has 0 saturated heterocycles. The Bertz CT molecular complexity index is 526. The van der Waals surface area contributed by atoms with Crippen molar-refractivity contribution < 1.29 is 9.26 Å². The molecule has 0 fully saturated rings. The molecule has 6 nitrogen and oxygen atoms in total. The first-order chi connectivity index (χ1) is 7.85. The molecule has 0 bridgehead atoms. The molecule has 80 valence electrons. The van der Waals surface area contributed by atoms with Crippen LogP contribution in [-0.4, -0.2) is 12.3 Å². The summed E-state index contributed by atoms with van der Waals surface area (Å²) in [5.41, 5.74) is 9.85. The smallest absolute Gasteiger partial charge is 0.230 e. The highest BCUT2D eigenvalue weighted by atomic mass is 16.5. The van der Waals surface area contributed by atoms with E-state index in [1.807, 2.05) is 24.3 Å². The van der Waals surface area contributed by atoms with Gasteiger partial charge in [-0.15, -0.1) is 0 Å². The summed E-state index contributed by atoms with van der Waals surface area (Å²) in [5, 5.41) is 6.99. The quantitative estimate of drug-likeness (QED) is 0.448. The number of methoxy groups -OCH3 is 1. The topological polar surface area (TPSA) is 84.0 Å². The monoisotopic (exact) mass is 216 g/mol. The van der Waals surface area contributed by atoms with Crippen LogP contribution in [0, 0.1) is 0 Å². The van der Waals surface area contributed by atoms with Crippen molar-refractivity contribution in [2.45, 2.75) is 0 Å². The molecule has 0 spiro atoms. The highest BCUT2D eigenvalue weighted by molar-refractivity contribution is 5.71. The van der Waals surface area contributed by atoms with Crippen molar-refractivity contribution >= 4 is 5.88 Å². The molecule has 1 aromatic carbocycles. The van der Waals surface area contributed by atoms with Gasteiger partial charge in [-0.1, -0.05) is 17.3 Å². The molecule has 1 heterocycles. The standard InChI is InChI=1S/C10H8N4O2/c1-15-8-4-2-7(3-5-8)9-6-12-16-10(9)13-14-11/h2-6H,1H3. The largest absolute Gasteiger partial charge is 0.497 e. The number of ether oxygens (including phenoxy) is 1. The predicted octanol–water partition coefficient (Wildman–Crippen LogP) is 3.29. The Hall–Kier alpha value is -2.46. The first kappa shape index (κ1) is 10.1. The van der Waals surface area contributed by atoms with Gasteiger partial charge in [-0.05, 0) is 28.3 Å². The van der Waals surface area contributed by atoms with E-state index in [1.165, 1.54) is 6.20 Å². The maximum Gasteiger partial charge on any atom is 0.230 e. The van der Waals surface area contributed by atoms with Crippen LogP contribution in [0.3, 0.4) is 0 Å². The van der Waals surface area contributed by atoms with Crippen molar-refractivity contribution in [2.24, 2.45) is 5.11 Å². The van der Waals surface area contributed by atoms with Crippen molar-refractivity contribution in [1.82, 2.24) is 5.16 Å². The van der Waals surface area contributed by atoms with Crippen LogP contribution in [0.1, 0.15) is 0 Å². The van der Waals surface area contributed by atoms with Crippen LogP contribution in [0.4, 0.5) is 5.88 Å². The van der Waals surface area contributed by atoms with Crippen LogP contribution in [0.15, 0.2) is 40.1 Å². The summed E-state index contributed by atoms with van der Waals surface area (Å²) in [6.45, 7) is 0. The molecule has 1 aromatic heterocycles. The third-order valence-corrected chi connectivity index (χ3v) is 2.09. The summed E-state index contributed by atoms with van der Waals surface area (Å²) in [7, 11) is 1.60. The lowest BCUT2D eigenvalue weighted by Gasteiger charge is -2.00. The molecule has 0 aliphatic carbocycles. The minimum atomic E-state index is 0.160. The second-order valence-corrected chi connectivity index (χ2v) is 2.96. The van der Waals surface area contributed by atoms with Gasteiger partial charge in [-0.3, -0.25) is 0 Å². The first-order valence-electron chi connectivity index (χ1n) is 4.49. The van der Waals surface area contributed by atoms with Crippen LogP contribution in [-0.2, 0) is 0 Å². The summed E-state index contributed by atoms with van der Waals surface area (Å²) in [4.78, 5) is 2.66. The van der Waals surface area contributed by atoms with Gasteiger partial charge < -0.3 is 9.26 Å². The molecule has 2 aromatic rings. The van der Waals surface area contributed by atoms with Crippen LogP contribution < -0.4 is 4.74 Å². The van der Waals surface area contributed by atoms with Gasteiger partial charge in [-0.2, -0.15) is 0 Å². The molecule has 0 N–H and O–H groups in total. The zero-order chi connectivity index (χ0) is 11.4. The summed E-state index contributed by atoms with van der Waals surface area (Å²) < 4.78 is 9.86. The number of hydrogen-bond acceptors (Lipinski definition) is 4. The summed E-state index contributed by atoms with van der Waals surface area (Å²) in [6, 6.07) is 7.29. The zero-order valence-corrected chi connectivity index (χ0v) is 8.49. The van der Waals surface area contributed by atoms with Crippen molar-refractivity contribution in [3.63, 3.8) is 0 Å². The Morgan fingerprint density at radius 3 is 2.75 bits per heavy atom. The lowest BCUT2D eigenvalue weighted by Crippen LogP contribution is -1.81. The maximum atomic E-state index is 8.34. The van der Waals surface area contributed by atoms with Crippen LogP contribution in [0.25, 0.3) is 21.6 Å². The zero-order valence-electron chi connectivity index (χ0n) is 8.49. The van der Waals surface area contributed by atoms with E-state index in [2.05, 4.69) is 15.2 Å². The van der Waals surface area contributed by atoms with Crippen molar-refractivity contribution in [2.75, 3.05) is 7.11 Å². The average molecular weight is 216 g/mol. The third kappa shape index (κ3) is 1.82. The molecule has 0 atom stereocenters. The van der Waals surface area contributed by atoms with E-state index in [0.29, 0.717) is 5.56 Å². The lowest BCUT2D eigenvalue weighted by molar-refractivity contribution is 0.415. The predicted molar refractivity (Wildman–Crippen MR) is 57.3 cm³/mol. The Morgan fingerprint density at radius 2 is 2.12 bits per heavy atom. The fraction of sp³-hybridized carbons (Fsp3) is 0.100. The lowest BCUT2D eigenvalue weighted by atomic mass is 10.1. The highest BCUT2D eigenvalue weighted by Crippen LogP contribution is 2.31. The summed E-state index contributed by atoms with van der Waals surface area (Å²) in [5.74, 6) is 0.915. The van der Waals surface area contributed by atoms with E-state index < -0.39 is 0 Å². The van der Waals surface area contributed by atoms with Gasteiger partial charge in [0.1, 0.15) is 5.75 Å². The number of rotatable bonds is 3. The average Bonchev–Trinajstić information content (AvgIpc) is 2.78. The highest BCUT2D eigenvalue weighted by Gasteiger charge is 2.08. The Balaban J connectivity index is 2.42. The van der Waals surface area contributed by atoms with Crippen LogP contribution >= 0.6 is 0 Å². The second-order valence-electron chi connectivity index (χ2n) is 2.96. The van der Waals surface area contributed by atoms with Gasteiger partial charge in [0.05, 0.1) is 18.9 Å². The molecule has 0 aliphatic heterocycles. The maximum absolute atomic E-state index is 8.34. The van der Waals surface area contributed by atoms with Crippen molar-refractivity contribution in [3.05, 3.63) is 40.9 Å².